The van der Waals surface area contributed by atoms with Crippen molar-refractivity contribution in [2.75, 3.05) is 6.54 Å². The molecule has 4 heteroatoms. The van der Waals surface area contributed by atoms with Crippen molar-refractivity contribution in [1.82, 2.24) is 10.6 Å². The highest BCUT2D eigenvalue weighted by Gasteiger charge is 2.25. The number of benzene rings is 1. The zero-order valence-electron chi connectivity index (χ0n) is 11.2. The molecule has 1 amide bonds. The molecule has 1 fully saturated rings. The van der Waals surface area contributed by atoms with Gasteiger partial charge >= 0.3 is 0 Å². The molecule has 0 aliphatic carbocycles. The summed E-state index contributed by atoms with van der Waals surface area (Å²) in [6.45, 7) is 0.938. The van der Waals surface area contributed by atoms with Crippen LogP contribution >= 0.6 is 11.3 Å². The number of carbonyl (C=O) groups excluding carboxylic acids is 1. The van der Waals surface area contributed by atoms with E-state index in [1.165, 1.54) is 4.88 Å². The Morgan fingerprint density at radius 2 is 2.10 bits per heavy atom. The van der Waals surface area contributed by atoms with Crippen LogP contribution in [0, 0.1) is 0 Å². The van der Waals surface area contributed by atoms with Gasteiger partial charge in [0.2, 0.25) is 5.91 Å². The summed E-state index contributed by atoms with van der Waals surface area (Å²) in [7, 11) is 0. The van der Waals surface area contributed by atoms with E-state index in [1.807, 2.05) is 29.6 Å². The lowest BCUT2D eigenvalue weighted by atomic mass is 10.0. The van der Waals surface area contributed by atoms with Crippen molar-refractivity contribution in [3.05, 3.63) is 58.3 Å². The van der Waals surface area contributed by atoms with E-state index >= 15 is 0 Å². The molecule has 20 heavy (non-hydrogen) atoms. The zero-order valence-corrected chi connectivity index (χ0v) is 12.0. The SMILES string of the molecule is O=C(NC(c1ccccc1)c1cccs1)[C@H]1CCCN1. The fraction of sp³-hybridized carbons (Fsp3) is 0.312. The Bertz CT molecular complexity index is 547. The van der Waals surface area contributed by atoms with Gasteiger partial charge in [-0.1, -0.05) is 36.4 Å². The van der Waals surface area contributed by atoms with E-state index < -0.39 is 0 Å². The van der Waals surface area contributed by atoms with Gasteiger partial charge in [0.15, 0.2) is 0 Å². The quantitative estimate of drug-likeness (QED) is 0.907. The third kappa shape index (κ3) is 2.92. The molecular weight excluding hydrogens is 268 g/mol. The molecule has 1 aliphatic heterocycles. The molecule has 1 aromatic heterocycles. The molecule has 1 aliphatic rings. The van der Waals surface area contributed by atoms with E-state index in [0.29, 0.717) is 0 Å². The first-order valence-corrected chi connectivity index (χ1v) is 7.84. The van der Waals surface area contributed by atoms with Crippen LogP contribution in [-0.4, -0.2) is 18.5 Å². The average molecular weight is 286 g/mol. The van der Waals surface area contributed by atoms with Crippen molar-refractivity contribution in [2.45, 2.75) is 24.9 Å². The summed E-state index contributed by atoms with van der Waals surface area (Å²) in [5.41, 5.74) is 1.13. The lowest BCUT2D eigenvalue weighted by molar-refractivity contribution is -0.123. The van der Waals surface area contributed by atoms with E-state index in [4.69, 9.17) is 0 Å². The molecule has 2 aromatic rings. The molecule has 0 spiro atoms. The monoisotopic (exact) mass is 286 g/mol. The molecule has 2 atom stereocenters. The second kappa shape index (κ2) is 6.20. The molecule has 0 saturated carbocycles. The number of hydrogen-bond donors (Lipinski definition) is 2. The molecule has 0 bridgehead atoms. The van der Waals surface area contributed by atoms with Crippen molar-refractivity contribution < 1.29 is 4.79 Å². The number of carbonyl (C=O) groups is 1. The molecule has 1 unspecified atom stereocenters. The van der Waals surface area contributed by atoms with Gasteiger partial charge in [-0.15, -0.1) is 11.3 Å². The number of amides is 1. The minimum absolute atomic E-state index is 0.0406. The van der Waals surface area contributed by atoms with Crippen LogP contribution in [0.15, 0.2) is 47.8 Å². The predicted octanol–water partition coefficient (Wildman–Crippen LogP) is 2.71. The van der Waals surface area contributed by atoms with Crippen LogP contribution in [0.2, 0.25) is 0 Å². The molecule has 104 valence electrons. The van der Waals surface area contributed by atoms with Crippen LogP contribution in [0.5, 0.6) is 0 Å². The molecule has 1 saturated heterocycles. The highest BCUT2D eigenvalue weighted by atomic mass is 32.1. The normalized spacial score (nSPS) is 19.7. The molecule has 1 aromatic carbocycles. The predicted molar refractivity (Wildman–Crippen MR) is 81.8 cm³/mol. The summed E-state index contributed by atoms with van der Waals surface area (Å²) in [6, 6.07) is 14.1. The van der Waals surface area contributed by atoms with Crippen LogP contribution in [0.3, 0.4) is 0 Å². The van der Waals surface area contributed by atoms with Gasteiger partial charge in [-0.3, -0.25) is 4.79 Å². The van der Waals surface area contributed by atoms with E-state index in [2.05, 4.69) is 28.8 Å². The smallest absolute Gasteiger partial charge is 0.237 e. The van der Waals surface area contributed by atoms with Crippen molar-refractivity contribution in [3.8, 4) is 0 Å². The Morgan fingerprint density at radius 1 is 1.25 bits per heavy atom. The maximum absolute atomic E-state index is 12.4. The molecule has 3 nitrogen and oxygen atoms in total. The van der Waals surface area contributed by atoms with Crippen LogP contribution in [-0.2, 0) is 4.79 Å². The van der Waals surface area contributed by atoms with Gasteiger partial charge in [-0.25, -0.2) is 0 Å². The molecule has 3 rings (SSSR count). The van der Waals surface area contributed by atoms with E-state index in [0.717, 1.165) is 24.9 Å². The summed E-state index contributed by atoms with van der Waals surface area (Å²) < 4.78 is 0. The minimum atomic E-state index is -0.0499. The number of nitrogens with one attached hydrogen (secondary N) is 2. The van der Waals surface area contributed by atoms with E-state index in [1.54, 1.807) is 11.3 Å². The third-order valence-corrected chi connectivity index (χ3v) is 4.56. The Morgan fingerprint density at radius 3 is 2.75 bits per heavy atom. The molecule has 2 heterocycles. The number of hydrogen-bond acceptors (Lipinski definition) is 3. The van der Waals surface area contributed by atoms with Crippen molar-refractivity contribution in [3.63, 3.8) is 0 Å². The minimum Gasteiger partial charge on any atom is -0.343 e. The maximum atomic E-state index is 12.4. The summed E-state index contributed by atoms with van der Waals surface area (Å²) >= 11 is 1.68. The van der Waals surface area contributed by atoms with Crippen molar-refractivity contribution >= 4 is 17.2 Å². The van der Waals surface area contributed by atoms with Crippen LogP contribution in [0.1, 0.15) is 29.3 Å². The van der Waals surface area contributed by atoms with Crippen LogP contribution in [0.4, 0.5) is 0 Å². The second-order valence-corrected chi connectivity index (χ2v) is 6.00. The first-order valence-electron chi connectivity index (χ1n) is 6.97. The molecule has 2 N–H and O–H groups in total. The Balaban J connectivity index is 1.81. The Labute approximate surface area is 123 Å². The molecule has 0 radical (unpaired) electrons. The van der Waals surface area contributed by atoms with Gasteiger partial charge < -0.3 is 10.6 Å². The van der Waals surface area contributed by atoms with Crippen molar-refractivity contribution in [1.29, 1.82) is 0 Å². The van der Waals surface area contributed by atoms with E-state index in [-0.39, 0.29) is 18.0 Å². The summed E-state index contributed by atoms with van der Waals surface area (Å²) in [4.78, 5) is 13.5. The largest absolute Gasteiger partial charge is 0.343 e. The topological polar surface area (TPSA) is 41.1 Å². The second-order valence-electron chi connectivity index (χ2n) is 5.02. The third-order valence-electron chi connectivity index (χ3n) is 3.62. The average Bonchev–Trinajstić information content (AvgIpc) is 3.18. The van der Waals surface area contributed by atoms with Gasteiger partial charge in [0, 0.05) is 4.88 Å². The lowest BCUT2D eigenvalue weighted by Gasteiger charge is -2.20. The highest BCUT2D eigenvalue weighted by Crippen LogP contribution is 2.26. The first kappa shape index (κ1) is 13.3. The van der Waals surface area contributed by atoms with Gasteiger partial charge in [-0.05, 0) is 36.4 Å². The fourth-order valence-electron chi connectivity index (χ4n) is 2.57. The summed E-state index contributed by atoms with van der Waals surface area (Å²) in [5, 5.41) is 8.48. The Hall–Kier alpha value is -1.65. The molecular formula is C16H18N2OS. The van der Waals surface area contributed by atoms with E-state index in [9.17, 15) is 4.79 Å². The fourth-order valence-corrected chi connectivity index (χ4v) is 3.37. The maximum Gasteiger partial charge on any atom is 0.237 e. The summed E-state index contributed by atoms with van der Waals surface area (Å²) in [6.07, 6.45) is 2.00. The Kier molecular flexibility index (Phi) is 4.14. The van der Waals surface area contributed by atoms with Gasteiger partial charge in [0.25, 0.3) is 0 Å². The van der Waals surface area contributed by atoms with Gasteiger partial charge in [0.1, 0.15) is 0 Å². The first-order chi connectivity index (χ1) is 9.84. The van der Waals surface area contributed by atoms with Crippen LogP contribution in [0.25, 0.3) is 0 Å². The number of thiophene rings is 1. The standard InChI is InChI=1S/C16H18N2OS/c19-16(13-8-4-10-17-13)18-15(14-9-5-11-20-14)12-6-2-1-3-7-12/h1-3,5-7,9,11,13,15,17H,4,8,10H2,(H,18,19)/t13-,15?/m1/s1. The number of rotatable bonds is 4. The zero-order chi connectivity index (χ0) is 13.8. The van der Waals surface area contributed by atoms with Gasteiger partial charge in [0.05, 0.1) is 12.1 Å². The highest BCUT2D eigenvalue weighted by molar-refractivity contribution is 7.10. The van der Waals surface area contributed by atoms with Crippen LogP contribution < -0.4 is 10.6 Å². The van der Waals surface area contributed by atoms with Crippen molar-refractivity contribution in [2.24, 2.45) is 0 Å². The lowest BCUT2D eigenvalue weighted by Crippen LogP contribution is -2.42. The van der Waals surface area contributed by atoms with Gasteiger partial charge in [-0.2, -0.15) is 0 Å². The summed E-state index contributed by atoms with van der Waals surface area (Å²) in [5.74, 6) is 0.102.